The summed E-state index contributed by atoms with van der Waals surface area (Å²) >= 11 is 3.39. The Kier molecular flexibility index (Phi) is 6.80. The number of nitrogens with one attached hydrogen (secondary N) is 2. The normalized spacial score (nSPS) is 21.3. The van der Waals surface area contributed by atoms with E-state index in [1.165, 1.54) is 6.42 Å². The van der Waals surface area contributed by atoms with Crippen LogP contribution in [0.15, 0.2) is 22.7 Å². The fourth-order valence-electron chi connectivity index (χ4n) is 3.32. The van der Waals surface area contributed by atoms with Gasteiger partial charge in [0, 0.05) is 23.2 Å². The maximum atomic E-state index is 12.1. The van der Waals surface area contributed by atoms with Crippen LogP contribution in [0.3, 0.4) is 0 Å². The number of aryl methyl sites for hydroxylation is 1. The maximum absolute atomic E-state index is 12.1. The minimum atomic E-state index is -0.214. The lowest BCUT2D eigenvalue weighted by atomic mass is 9.92. The predicted octanol–water partition coefficient (Wildman–Crippen LogP) is 2.79. The summed E-state index contributed by atoms with van der Waals surface area (Å²) in [5.41, 5.74) is 1.73. The highest BCUT2D eigenvalue weighted by molar-refractivity contribution is 9.10. The molecule has 1 aromatic rings. The zero-order chi connectivity index (χ0) is 17.7. The highest BCUT2D eigenvalue weighted by atomic mass is 79.9. The SMILES string of the molecule is Cc1cc(Br)ccc1NC(=O)CNC(=O)CN1C[C@@H](C)C[C@H](C)C1. The topological polar surface area (TPSA) is 61.4 Å². The van der Waals surface area contributed by atoms with Crippen LogP contribution in [0.2, 0.25) is 0 Å². The first-order valence-electron chi connectivity index (χ1n) is 8.38. The molecule has 1 saturated heterocycles. The molecule has 2 amide bonds. The molecule has 1 aliphatic heterocycles. The molecule has 6 heteroatoms. The number of benzene rings is 1. The van der Waals surface area contributed by atoms with Gasteiger partial charge in [-0.25, -0.2) is 0 Å². The van der Waals surface area contributed by atoms with Gasteiger partial charge < -0.3 is 10.6 Å². The summed E-state index contributed by atoms with van der Waals surface area (Å²) in [6.45, 7) is 8.61. The molecule has 1 heterocycles. The molecule has 0 spiro atoms. The van der Waals surface area contributed by atoms with E-state index in [0.717, 1.165) is 28.8 Å². The van der Waals surface area contributed by atoms with E-state index in [1.54, 1.807) is 0 Å². The number of halogens is 1. The molecule has 0 aromatic heterocycles. The van der Waals surface area contributed by atoms with E-state index in [2.05, 4.69) is 45.3 Å². The van der Waals surface area contributed by atoms with Crippen molar-refractivity contribution in [3.05, 3.63) is 28.2 Å². The molecular formula is C18H26BrN3O2. The van der Waals surface area contributed by atoms with Gasteiger partial charge in [0.2, 0.25) is 11.8 Å². The van der Waals surface area contributed by atoms with Crippen molar-refractivity contribution in [1.82, 2.24) is 10.2 Å². The number of carbonyl (C=O) groups is 2. The first-order chi connectivity index (χ1) is 11.3. The van der Waals surface area contributed by atoms with Gasteiger partial charge >= 0.3 is 0 Å². The second-order valence-corrected chi connectivity index (χ2v) is 7.84. The summed E-state index contributed by atoms with van der Waals surface area (Å²) in [5.74, 6) is 0.920. The third kappa shape index (κ3) is 5.91. The van der Waals surface area contributed by atoms with Gasteiger partial charge in [0.1, 0.15) is 0 Å². The molecule has 0 radical (unpaired) electrons. The van der Waals surface area contributed by atoms with Gasteiger partial charge in [-0.3, -0.25) is 14.5 Å². The predicted molar refractivity (Wildman–Crippen MR) is 99.9 cm³/mol. The van der Waals surface area contributed by atoms with Gasteiger partial charge in [0.15, 0.2) is 0 Å². The number of hydrogen-bond donors (Lipinski definition) is 2. The Morgan fingerprint density at radius 1 is 1.21 bits per heavy atom. The van der Waals surface area contributed by atoms with Crippen LogP contribution >= 0.6 is 15.9 Å². The molecule has 1 aromatic carbocycles. The third-order valence-electron chi connectivity index (χ3n) is 4.22. The quantitative estimate of drug-likeness (QED) is 0.805. The van der Waals surface area contributed by atoms with Crippen molar-refractivity contribution in [3.8, 4) is 0 Å². The van der Waals surface area contributed by atoms with Crippen LogP contribution < -0.4 is 10.6 Å². The first kappa shape index (κ1) is 18.9. The van der Waals surface area contributed by atoms with Crippen molar-refractivity contribution in [2.75, 3.05) is 31.5 Å². The summed E-state index contributed by atoms with van der Waals surface area (Å²) in [6.07, 6.45) is 1.22. The van der Waals surface area contributed by atoms with Gasteiger partial charge in [-0.05, 0) is 48.9 Å². The maximum Gasteiger partial charge on any atom is 0.243 e. The number of nitrogens with zero attached hydrogens (tertiary/aromatic N) is 1. The molecule has 0 unspecified atom stereocenters. The Bertz CT molecular complexity index is 596. The molecule has 2 N–H and O–H groups in total. The molecule has 2 rings (SSSR count). The Labute approximate surface area is 152 Å². The fourth-order valence-corrected chi connectivity index (χ4v) is 3.80. The highest BCUT2D eigenvalue weighted by Crippen LogP contribution is 2.21. The molecular weight excluding hydrogens is 370 g/mol. The van der Waals surface area contributed by atoms with E-state index in [9.17, 15) is 9.59 Å². The van der Waals surface area contributed by atoms with Gasteiger partial charge in [0.25, 0.3) is 0 Å². The second-order valence-electron chi connectivity index (χ2n) is 6.92. The number of likely N-dealkylation sites (tertiary alicyclic amines) is 1. The highest BCUT2D eigenvalue weighted by Gasteiger charge is 2.23. The Balaban J connectivity index is 1.76. The zero-order valence-electron chi connectivity index (χ0n) is 14.6. The van der Waals surface area contributed by atoms with E-state index >= 15 is 0 Å². The number of carbonyl (C=O) groups excluding carboxylic acids is 2. The third-order valence-corrected chi connectivity index (χ3v) is 4.71. The van der Waals surface area contributed by atoms with E-state index in [0.29, 0.717) is 18.4 Å². The smallest absolute Gasteiger partial charge is 0.243 e. The molecule has 1 aliphatic rings. The van der Waals surface area contributed by atoms with Crippen molar-refractivity contribution < 1.29 is 9.59 Å². The van der Waals surface area contributed by atoms with E-state index in [1.807, 2.05) is 25.1 Å². The van der Waals surface area contributed by atoms with Gasteiger partial charge in [-0.2, -0.15) is 0 Å². The minimum absolute atomic E-state index is 0.00666. The zero-order valence-corrected chi connectivity index (χ0v) is 16.1. The Hall–Kier alpha value is -1.40. The summed E-state index contributed by atoms with van der Waals surface area (Å²) in [5, 5.41) is 5.53. The van der Waals surface area contributed by atoms with Crippen LogP contribution in [-0.4, -0.2) is 42.9 Å². The largest absolute Gasteiger partial charge is 0.346 e. The van der Waals surface area contributed by atoms with Gasteiger partial charge in [-0.15, -0.1) is 0 Å². The lowest BCUT2D eigenvalue weighted by Gasteiger charge is -2.34. The molecule has 0 aliphatic carbocycles. The van der Waals surface area contributed by atoms with Crippen molar-refractivity contribution in [1.29, 1.82) is 0 Å². The minimum Gasteiger partial charge on any atom is -0.346 e. The molecule has 132 valence electrons. The molecule has 2 atom stereocenters. The fraction of sp³-hybridized carbons (Fsp3) is 0.556. The molecule has 24 heavy (non-hydrogen) atoms. The van der Waals surface area contributed by atoms with Crippen molar-refractivity contribution in [2.45, 2.75) is 27.2 Å². The summed E-state index contributed by atoms with van der Waals surface area (Å²) in [4.78, 5) is 26.2. The monoisotopic (exact) mass is 395 g/mol. The summed E-state index contributed by atoms with van der Waals surface area (Å²) < 4.78 is 0.969. The van der Waals surface area contributed by atoms with Crippen molar-refractivity contribution in [3.63, 3.8) is 0 Å². The molecule has 0 bridgehead atoms. The molecule has 5 nitrogen and oxygen atoms in total. The van der Waals surface area contributed by atoms with Crippen molar-refractivity contribution >= 4 is 33.4 Å². The van der Waals surface area contributed by atoms with E-state index < -0.39 is 0 Å². The van der Waals surface area contributed by atoms with E-state index in [4.69, 9.17) is 0 Å². The number of amides is 2. The number of hydrogen-bond acceptors (Lipinski definition) is 3. The lowest BCUT2D eigenvalue weighted by Crippen LogP contribution is -2.45. The Morgan fingerprint density at radius 2 is 1.88 bits per heavy atom. The van der Waals surface area contributed by atoms with E-state index in [-0.39, 0.29) is 18.4 Å². The standard InChI is InChI=1S/C18H26BrN3O2/c1-12-6-13(2)10-22(9-12)11-18(24)20-8-17(23)21-16-5-4-15(19)7-14(16)3/h4-5,7,12-13H,6,8-11H2,1-3H3,(H,20,24)(H,21,23)/t12-,13-/m0/s1. The lowest BCUT2D eigenvalue weighted by molar-refractivity contribution is -0.125. The number of rotatable bonds is 5. The van der Waals surface area contributed by atoms with Gasteiger partial charge in [-0.1, -0.05) is 29.8 Å². The number of piperidine rings is 1. The molecule has 0 saturated carbocycles. The van der Waals surface area contributed by atoms with Crippen LogP contribution in [-0.2, 0) is 9.59 Å². The average molecular weight is 396 g/mol. The Morgan fingerprint density at radius 3 is 2.50 bits per heavy atom. The van der Waals surface area contributed by atoms with Crippen LogP contribution in [0.1, 0.15) is 25.8 Å². The van der Waals surface area contributed by atoms with Crippen molar-refractivity contribution in [2.24, 2.45) is 11.8 Å². The summed E-state index contributed by atoms with van der Waals surface area (Å²) in [7, 11) is 0. The molecule has 1 fully saturated rings. The van der Waals surface area contributed by atoms with Gasteiger partial charge in [0.05, 0.1) is 13.1 Å². The van der Waals surface area contributed by atoms with Crippen LogP contribution in [0.25, 0.3) is 0 Å². The first-order valence-corrected chi connectivity index (χ1v) is 9.18. The van der Waals surface area contributed by atoms with Crippen LogP contribution in [0.5, 0.6) is 0 Å². The van der Waals surface area contributed by atoms with Crippen LogP contribution in [0.4, 0.5) is 5.69 Å². The summed E-state index contributed by atoms with van der Waals surface area (Å²) in [6, 6.07) is 5.66. The average Bonchev–Trinajstić information content (AvgIpc) is 2.47. The second kappa shape index (κ2) is 8.62. The number of anilines is 1. The van der Waals surface area contributed by atoms with Crippen LogP contribution in [0, 0.1) is 18.8 Å².